The van der Waals surface area contributed by atoms with Crippen LogP contribution in [-0.2, 0) is 0 Å². The van der Waals surface area contributed by atoms with Crippen LogP contribution in [0, 0.1) is 59.2 Å². The van der Waals surface area contributed by atoms with E-state index in [-0.39, 0.29) is 0 Å². The Morgan fingerprint density at radius 3 is 0.775 bits per heavy atom. The molecule has 6 heterocycles. The van der Waals surface area contributed by atoms with Crippen LogP contribution in [0.15, 0.2) is 0 Å². The zero-order valence-electron chi connectivity index (χ0n) is 24.6. The summed E-state index contributed by atoms with van der Waals surface area (Å²) in [5.74, 6) is 8.46. The lowest BCUT2D eigenvalue weighted by Crippen LogP contribution is -2.69. The molecule has 12 aliphatic rings. The smallest absolute Gasteiger partial charge is 0.0789 e. The fraction of sp³-hybridized carbons (Fsp3) is 1.00. The van der Waals surface area contributed by atoms with Crippen LogP contribution in [0.25, 0.3) is 0 Å². The molecule has 40 heavy (non-hydrogen) atoms. The molecule has 6 nitrogen and oxygen atoms in total. The molecule has 4 N–H and O–H groups in total. The van der Waals surface area contributed by atoms with E-state index in [4.69, 9.17) is 21.3 Å². The van der Waals surface area contributed by atoms with Gasteiger partial charge >= 0.3 is 0 Å². The van der Waals surface area contributed by atoms with Gasteiger partial charge in [-0.3, -0.25) is 21.3 Å². The van der Waals surface area contributed by atoms with Gasteiger partial charge in [0.25, 0.3) is 0 Å². The van der Waals surface area contributed by atoms with Crippen molar-refractivity contribution in [2.45, 2.75) is 152 Å². The van der Waals surface area contributed by atoms with E-state index in [9.17, 15) is 0 Å². The molecular formula is C34H54N6. The SMILES string of the molecule is C1CCC2C(C1)C1NC3C4CCCCC4C4NC5C6CCCCC6C6NC7C8CCCCC8C(NC2C1C56)N7N34. The zero-order chi connectivity index (χ0) is 25.7. The first-order chi connectivity index (χ1) is 19.9. The maximum absolute atomic E-state index is 4.72. The molecular weight excluding hydrogens is 492 g/mol. The van der Waals surface area contributed by atoms with Crippen molar-refractivity contribution in [3.63, 3.8) is 0 Å². The van der Waals surface area contributed by atoms with Gasteiger partial charge in [-0.25, -0.2) is 10.0 Å². The molecule has 16 atom stereocenters. The van der Waals surface area contributed by atoms with E-state index in [1.165, 1.54) is 103 Å². The molecule has 0 radical (unpaired) electrons. The Kier molecular flexibility index (Phi) is 5.24. The van der Waals surface area contributed by atoms with Gasteiger partial charge in [0.05, 0.1) is 24.7 Å². The van der Waals surface area contributed by atoms with Gasteiger partial charge in [0, 0.05) is 24.2 Å². The lowest BCUT2D eigenvalue weighted by atomic mass is 9.73. The average Bonchev–Trinajstić information content (AvgIpc) is 3.71. The van der Waals surface area contributed by atoms with Crippen LogP contribution in [0.3, 0.4) is 0 Å². The van der Waals surface area contributed by atoms with Crippen LogP contribution in [0.5, 0.6) is 0 Å². The first-order valence-corrected chi connectivity index (χ1v) is 18.5. The van der Waals surface area contributed by atoms with Crippen molar-refractivity contribution in [3.8, 4) is 0 Å². The van der Waals surface area contributed by atoms with Gasteiger partial charge in [-0.15, -0.1) is 0 Å². The van der Waals surface area contributed by atoms with Crippen LogP contribution in [0.4, 0.5) is 0 Å². The van der Waals surface area contributed by atoms with E-state index in [0.717, 1.165) is 59.2 Å². The highest BCUT2D eigenvalue weighted by atomic mass is 15.8. The number of rotatable bonds is 0. The van der Waals surface area contributed by atoms with Gasteiger partial charge in [0.2, 0.25) is 0 Å². The van der Waals surface area contributed by atoms with Gasteiger partial charge in [-0.1, -0.05) is 51.4 Å². The van der Waals surface area contributed by atoms with E-state index in [2.05, 4.69) is 10.0 Å². The quantitative estimate of drug-likeness (QED) is 0.366. The number of hydrogen-bond donors (Lipinski definition) is 4. The van der Waals surface area contributed by atoms with Crippen LogP contribution in [0.1, 0.15) is 103 Å². The minimum atomic E-state index is 0.543. The molecule has 6 aliphatic carbocycles. The van der Waals surface area contributed by atoms with Crippen LogP contribution in [0.2, 0.25) is 0 Å². The summed E-state index contributed by atoms with van der Waals surface area (Å²) < 4.78 is 0. The highest BCUT2D eigenvalue weighted by molar-refractivity contribution is 5.22. The predicted octanol–water partition coefficient (Wildman–Crippen LogP) is 4.20. The fourth-order valence-corrected chi connectivity index (χ4v) is 14.9. The van der Waals surface area contributed by atoms with Gasteiger partial charge in [-0.05, 0) is 111 Å². The summed E-state index contributed by atoms with van der Waals surface area (Å²) in [5, 5.41) is 25.0. The molecule has 0 aromatic heterocycles. The normalized spacial score (nSPS) is 66.0. The molecule has 6 saturated carbocycles. The molecule has 12 rings (SSSR count). The highest BCUT2D eigenvalue weighted by Crippen LogP contribution is 2.61. The summed E-state index contributed by atoms with van der Waals surface area (Å²) in [4.78, 5) is 0. The summed E-state index contributed by atoms with van der Waals surface area (Å²) in [6, 6.07) is 2.86. The molecule has 12 bridgehead atoms. The minimum Gasteiger partial charge on any atom is -0.297 e. The van der Waals surface area contributed by atoms with E-state index in [1.54, 1.807) is 0 Å². The van der Waals surface area contributed by atoms with E-state index < -0.39 is 0 Å². The molecule has 0 aromatic rings. The second-order valence-electron chi connectivity index (χ2n) is 16.9. The van der Waals surface area contributed by atoms with Crippen molar-refractivity contribution in [1.29, 1.82) is 0 Å². The van der Waals surface area contributed by atoms with Crippen molar-refractivity contribution in [2.24, 2.45) is 59.2 Å². The Hall–Kier alpha value is -0.240. The third kappa shape index (κ3) is 2.94. The minimum absolute atomic E-state index is 0.543. The van der Waals surface area contributed by atoms with Crippen molar-refractivity contribution in [1.82, 2.24) is 31.3 Å². The Morgan fingerprint density at radius 1 is 0.300 bits per heavy atom. The van der Waals surface area contributed by atoms with Crippen molar-refractivity contribution < 1.29 is 0 Å². The molecule has 220 valence electrons. The second-order valence-corrected chi connectivity index (χ2v) is 16.9. The highest BCUT2D eigenvalue weighted by Gasteiger charge is 2.70. The standard InChI is InChI=1S/C34H54N6/c1-2-10-18-17(9-1)27-25-26-29-19-11-3-4-12-20(19)30(26)38-34-24-16-8-7-15-23(24)32(36-28(18)25)40(34)39-31(35-27)21-13-5-6-14-22(21)33(39)37-29/h17-38H,1-16H2. The van der Waals surface area contributed by atoms with Crippen molar-refractivity contribution >= 4 is 0 Å². The summed E-state index contributed by atoms with van der Waals surface area (Å²) in [5.41, 5.74) is 0. The third-order valence-corrected chi connectivity index (χ3v) is 15.9. The lowest BCUT2D eigenvalue weighted by molar-refractivity contribution is -0.151. The van der Waals surface area contributed by atoms with E-state index in [0.29, 0.717) is 48.8 Å². The van der Waals surface area contributed by atoms with Crippen LogP contribution >= 0.6 is 0 Å². The van der Waals surface area contributed by atoms with Crippen molar-refractivity contribution in [3.05, 3.63) is 0 Å². The zero-order valence-corrected chi connectivity index (χ0v) is 24.6. The lowest BCUT2D eigenvalue weighted by Gasteiger charge is -2.49. The third-order valence-electron chi connectivity index (χ3n) is 15.9. The number of nitrogens with one attached hydrogen (secondary N) is 4. The summed E-state index contributed by atoms with van der Waals surface area (Å²) in [7, 11) is 0. The molecule has 6 heteroatoms. The molecule has 0 amide bonds. The Morgan fingerprint density at radius 2 is 0.525 bits per heavy atom. The number of nitrogens with zero attached hydrogens (tertiary/aromatic N) is 2. The molecule has 16 unspecified atom stereocenters. The van der Waals surface area contributed by atoms with Gasteiger partial charge < -0.3 is 0 Å². The summed E-state index contributed by atoms with van der Waals surface area (Å²) >= 11 is 0. The largest absolute Gasteiger partial charge is 0.297 e. The number of hydrogen-bond acceptors (Lipinski definition) is 6. The van der Waals surface area contributed by atoms with Crippen LogP contribution in [-0.4, -0.2) is 58.8 Å². The maximum atomic E-state index is 4.72. The first-order valence-electron chi connectivity index (χ1n) is 18.5. The first kappa shape index (κ1) is 24.1. The average molecular weight is 547 g/mol. The Labute approximate surface area is 241 Å². The molecule has 0 aromatic carbocycles. The Balaban J connectivity index is 1.17. The molecule has 0 spiro atoms. The Bertz CT molecular complexity index is 804. The van der Waals surface area contributed by atoms with Crippen LogP contribution < -0.4 is 21.3 Å². The van der Waals surface area contributed by atoms with Gasteiger partial charge in [0.1, 0.15) is 0 Å². The predicted molar refractivity (Wildman–Crippen MR) is 155 cm³/mol. The topological polar surface area (TPSA) is 54.6 Å². The summed E-state index contributed by atoms with van der Waals surface area (Å²) in [6.07, 6.45) is 25.6. The van der Waals surface area contributed by atoms with Gasteiger partial charge in [-0.2, -0.15) is 0 Å². The van der Waals surface area contributed by atoms with E-state index in [1.807, 2.05) is 0 Å². The van der Waals surface area contributed by atoms with E-state index >= 15 is 0 Å². The monoisotopic (exact) mass is 546 g/mol. The molecule has 12 fully saturated rings. The second kappa shape index (κ2) is 8.69. The summed E-state index contributed by atoms with van der Waals surface area (Å²) in [6.45, 7) is 0. The van der Waals surface area contributed by atoms with Gasteiger partial charge in [0.15, 0.2) is 0 Å². The number of fused-ring (bicyclic) bond motifs is 4. The molecule has 6 aliphatic heterocycles. The van der Waals surface area contributed by atoms with Crippen molar-refractivity contribution in [2.75, 3.05) is 0 Å². The molecule has 6 saturated heterocycles. The fourth-order valence-electron chi connectivity index (χ4n) is 14.9. The maximum Gasteiger partial charge on any atom is 0.0789 e. The number of hydrazine groups is 1.